The van der Waals surface area contributed by atoms with Crippen molar-refractivity contribution in [1.82, 2.24) is 4.90 Å². The van der Waals surface area contributed by atoms with Gasteiger partial charge in [0.25, 0.3) is 0 Å². The quantitative estimate of drug-likeness (QED) is 0.848. The van der Waals surface area contributed by atoms with Gasteiger partial charge in [0.1, 0.15) is 11.6 Å². The summed E-state index contributed by atoms with van der Waals surface area (Å²) in [6, 6.07) is 10.1. The fourth-order valence-electron chi connectivity index (χ4n) is 3.40. The summed E-state index contributed by atoms with van der Waals surface area (Å²) in [6.07, 6.45) is 2.60. The van der Waals surface area contributed by atoms with Gasteiger partial charge in [-0.3, -0.25) is 4.79 Å². The highest BCUT2D eigenvalue weighted by Gasteiger charge is 2.34. The van der Waals surface area contributed by atoms with Crippen LogP contribution in [0.15, 0.2) is 47.1 Å². The van der Waals surface area contributed by atoms with Crippen molar-refractivity contribution in [2.75, 3.05) is 13.1 Å². The maximum atomic E-state index is 13.2. The van der Waals surface area contributed by atoms with Gasteiger partial charge >= 0.3 is 0 Å². The Hall–Kier alpha value is -2.10. The van der Waals surface area contributed by atoms with Gasteiger partial charge < -0.3 is 9.32 Å². The lowest BCUT2D eigenvalue weighted by atomic mass is 9.87. The van der Waals surface area contributed by atoms with Crippen LogP contribution in [0.4, 0.5) is 4.39 Å². The summed E-state index contributed by atoms with van der Waals surface area (Å²) in [6.45, 7) is 5.50. The van der Waals surface area contributed by atoms with Crippen molar-refractivity contribution in [2.45, 2.75) is 32.1 Å². The van der Waals surface area contributed by atoms with Crippen LogP contribution in [0.3, 0.4) is 0 Å². The molecule has 3 rings (SSSR count). The van der Waals surface area contributed by atoms with Crippen molar-refractivity contribution < 1.29 is 13.6 Å². The monoisotopic (exact) mass is 315 g/mol. The Labute approximate surface area is 136 Å². The Balaban J connectivity index is 1.76. The van der Waals surface area contributed by atoms with E-state index in [0.29, 0.717) is 6.54 Å². The first-order chi connectivity index (χ1) is 11.1. The van der Waals surface area contributed by atoms with Gasteiger partial charge in [-0.05, 0) is 42.2 Å². The Bertz CT molecular complexity index is 649. The fourth-order valence-corrected chi connectivity index (χ4v) is 3.40. The number of halogens is 1. The molecule has 1 fully saturated rings. The summed E-state index contributed by atoms with van der Waals surface area (Å²) in [5.41, 5.74) is 0.882. The van der Waals surface area contributed by atoms with Gasteiger partial charge in [0.05, 0.1) is 12.2 Å². The van der Waals surface area contributed by atoms with Crippen molar-refractivity contribution in [3.8, 4) is 0 Å². The average molecular weight is 315 g/mol. The molecule has 2 heterocycles. The highest BCUT2D eigenvalue weighted by atomic mass is 19.1. The molecule has 2 atom stereocenters. The van der Waals surface area contributed by atoms with Crippen LogP contribution in [-0.4, -0.2) is 23.9 Å². The predicted molar refractivity (Wildman–Crippen MR) is 86.6 cm³/mol. The molecule has 23 heavy (non-hydrogen) atoms. The highest BCUT2D eigenvalue weighted by Crippen LogP contribution is 2.32. The van der Waals surface area contributed by atoms with E-state index in [9.17, 15) is 9.18 Å². The van der Waals surface area contributed by atoms with Gasteiger partial charge in [0, 0.05) is 19.0 Å². The number of rotatable bonds is 4. The van der Waals surface area contributed by atoms with Crippen LogP contribution in [0.1, 0.15) is 43.4 Å². The smallest absolute Gasteiger partial charge is 0.230 e. The van der Waals surface area contributed by atoms with Crippen LogP contribution in [0, 0.1) is 11.7 Å². The molecule has 2 aromatic rings. The van der Waals surface area contributed by atoms with Gasteiger partial charge in [0.2, 0.25) is 5.91 Å². The minimum absolute atomic E-state index is 0.126. The van der Waals surface area contributed by atoms with Crippen LogP contribution in [0.25, 0.3) is 0 Å². The molecule has 1 saturated heterocycles. The van der Waals surface area contributed by atoms with Gasteiger partial charge in [-0.2, -0.15) is 0 Å². The van der Waals surface area contributed by atoms with Crippen molar-refractivity contribution in [3.05, 3.63) is 59.8 Å². The van der Waals surface area contributed by atoms with E-state index >= 15 is 0 Å². The first-order valence-electron chi connectivity index (χ1n) is 8.14. The molecule has 1 aliphatic rings. The van der Waals surface area contributed by atoms with E-state index < -0.39 is 0 Å². The Morgan fingerprint density at radius 3 is 2.61 bits per heavy atom. The SMILES string of the molecule is CC(C)C(C(=O)N1CCC(c2ccco2)C1)c1ccc(F)cc1. The summed E-state index contributed by atoms with van der Waals surface area (Å²) in [5.74, 6) is 1.00. The lowest BCUT2D eigenvalue weighted by molar-refractivity contribution is -0.132. The highest BCUT2D eigenvalue weighted by molar-refractivity contribution is 5.84. The van der Waals surface area contributed by atoms with E-state index in [1.807, 2.05) is 30.9 Å². The number of hydrogen-bond acceptors (Lipinski definition) is 2. The van der Waals surface area contributed by atoms with E-state index in [1.165, 1.54) is 12.1 Å². The molecular formula is C19H22FNO2. The van der Waals surface area contributed by atoms with Crippen molar-refractivity contribution >= 4 is 5.91 Å². The molecule has 1 amide bonds. The van der Waals surface area contributed by atoms with Crippen molar-refractivity contribution in [3.63, 3.8) is 0 Å². The topological polar surface area (TPSA) is 33.5 Å². The van der Waals surface area contributed by atoms with E-state index in [0.717, 1.165) is 24.3 Å². The fraction of sp³-hybridized carbons (Fsp3) is 0.421. The van der Waals surface area contributed by atoms with E-state index in [4.69, 9.17) is 4.42 Å². The molecule has 1 aliphatic heterocycles. The zero-order valence-corrected chi connectivity index (χ0v) is 13.5. The van der Waals surface area contributed by atoms with Crippen LogP contribution >= 0.6 is 0 Å². The molecular weight excluding hydrogens is 293 g/mol. The molecule has 3 nitrogen and oxygen atoms in total. The minimum atomic E-state index is -0.275. The molecule has 0 N–H and O–H groups in total. The third-order valence-corrected chi connectivity index (χ3v) is 4.61. The van der Waals surface area contributed by atoms with Crippen molar-refractivity contribution in [2.24, 2.45) is 5.92 Å². The Morgan fingerprint density at radius 1 is 1.26 bits per heavy atom. The predicted octanol–water partition coefficient (Wildman–Crippen LogP) is 4.17. The maximum Gasteiger partial charge on any atom is 0.230 e. The lowest BCUT2D eigenvalue weighted by Gasteiger charge is -2.26. The second-order valence-corrected chi connectivity index (χ2v) is 6.56. The van der Waals surface area contributed by atoms with Crippen LogP contribution in [-0.2, 0) is 4.79 Å². The largest absolute Gasteiger partial charge is 0.469 e. The number of likely N-dealkylation sites (tertiary alicyclic amines) is 1. The number of furan rings is 1. The molecule has 2 unspecified atom stereocenters. The van der Waals surface area contributed by atoms with Gasteiger partial charge in [-0.1, -0.05) is 26.0 Å². The summed E-state index contributed by atoms with van der Waals surface area (Å²) < 4.78 is 18.6. The van der Waals surface area contributed by atoms with Gasteiger partial charge in [-0.15, -0.1) is 0 Å². The van der Waals surface area contributed by atoms with Gasteiger partial charge in [-0.25, -0.2) is 4.39 Å². The average Bonchev–Trinajstić information content (AvgIpc) is 3.20. The Morgan fingerprint density at radius 2 is 2.00 bits per heavy atom. The lowest BCUT2D eigenvalue weighted by Crippen LogP contribution is -2.35. The van der Waals surface area contributed by atoms with E-state index in [1.54, 1.807) is 18.4 Å². The molecule has 4 heteroatoms. The zero-order valence-electron chi connectivity index (χ0n) is 13.5. The summed E-state index contributed by atoms with van der Waals surface area (Å²) >= 11 is 0. The van der Waals surface area contributed by atoms with Crippen LogP contribution in [0.5, 0.6) is 0 Å². The molecule has 0 bridgehead atoms. The third-order valence-electron chi connectivity index (χ3n) is 4.61. The summed E-state index contributed by atoms with van der Waals surface area (Å²) in [4.78, 5) is 14.9. The Kier molecular flexibility index (Phi) is 4.51. The molecule has 0 spiro atoms. The minimum Gasteiger partial charge on any atom is -0.469 e. The molecule has 0 aliphatic carbocycles. The summed E-state index contributed by atoms with van der Waals surface area (Å²) in [5, 5.41) is 0. The van der Waals surface area contributed by atoms with Crippen molar-refractivity contribution in [1.29, 1.82) is 0 Å². The molecule has 1 aromatic carbocycles. The number of nitrogens with zero attached hydrogens (tertiary/aromatic N) is 1. The number of carbonyl (C=O) groups is 1. The first-order valence-corrected chi connectivity index (χ1v) is 8.14. The number of benzene rings is 1. The third kappa shape index (κ3) is 3.31. The van der Waals surface area contributed by atoms with Gasteiger partial charge in [0.15, 0.2) is 0 Å². The molecule has 0 radical (unpaired) electrons. The summed E-state index contributed by atoms with van der Waals surface area (Å²) in [7, 11) is 0. The second kappa shape index (κ2) is 6.57. The normalized spacial score (nSPS) is 19.3. The number of amides is 1. The molecule has 122 valence electrons. The molecule has 1 aromatic heterocycles. The standard InChI is InChI=1S/C19H22FNO2/c1-13(2)18(14-5-7-16(20)8-6-14)19(22)21-10-9-15(12-21)17-4-3-11-23-17/h3-8,11,13,15,18H,9-10,12H2,1-2H3. The van der Waals surface area contributed by atoms with Crippen LogP contribution < -0.4 is 0 Å². The zero-order chi connectivity index (χ0) is 16.4. The first kappa shape index (κ1) is 15.8. The number of carbonyl (C=O) groups excluding carboxylic acids is 1. The molecule has 0 saturated carbocycles. The second-order valence-electron chi connectivity index (χ2n) is 6.56. The van der Waals surface area contributed by atoms with Crippen LogP contribution in [0.2, 0.25) is 0 Å². The van der Waals surface area contributed by atoms with E-state index in [2.05, 4.69) is 0 Å². The number of hydrogen-bond donors (Lipinski definition) is 0. The maximum absolute atomic E-state index is 13.2. The van der Waals surface area contributed by atoms with E-state index in [-0.39, 0.29) is 29.5 Å².